The third kappa shape index (κ3) is 5.56. The van der Waals surface area contributed by atoms with E-state index >= 15 is 0 Å². The second-order valence-electron chi connectivity index (χ2n) is 9.65. The lowest BCUT2D eigenvalue weighted by Gasteiger charge is -2.38. The summed E-state index contributed by atoms with van der Waals surface area (Å²) < 4.78 is 14.2. The van der Waals surface area contributed by atoms with Crippen LogP contribution in [0, 0.1) is 5.82 Å². The molecule has 194 valence electrons. The van der Waals surface area contributed by atoms with Crippen LogP contribution in [0.1, 0.15) is 63.1 Å². The molecule has 2 aliphatic rings. The standard InChI is InChI=1S/C28H30ClFN4O2S/c1-19(20-6-3-2-4-7-20)32-14-16-34(17-15-32)27(35)24-18-37-26(31-24)21-10-12-33(13-11-21)28(36)25-22(29)8-5-9-23(25)30/h2-9,18-19,21H,10-17H2,1H3. The van der Waals surface area contributed by atoms with E-state index in [2.05, 4.69) is 36.1 Å². The number of piperazine rings is 1. The molecule has 0 saturated carbocycles. The van der Waals surface area contributed by atoms with Crippen LogP contribution in [0.15, 0.2) is 53.9 Å². The van der Waals surface area contributed by atoms with Gasteiger partial charge in [0.15, 0.2) is 0 Å². The quantitative estimate of drug-likeness (QED) is 0.430. The molecule has 37 heavy (non-hydrogen) atoms. The molecule has 0 radical (unpaired) electrons. The number of aromatic nitrogens is 1. The van der Waals surface area contributed by atoms with Crippen molar-refractivity contribution in [2.45, 2.75) is 31.7 Å². The van der Waals surface area contributed by atoms with E-state index in [4.69, 9.17) is 16.6 Å². The summed E-state index contributed by atoms with van der Waals surface area (Å²) in [6, 6.07) is 15.0. The van der Waals surface area contributed by atoms with Gasteiger partial charge >= 0.3 is 0 Å². The number of hydrogen-bond donors (Lipinski definition) is 0. The van der Waals surface area contributed by atoms with Gasteiger partial charge in [-0.2, -0.15) is 0 Å². The number of nitrogens with zero attached hydrogens (tertiary/aromatic N) is 4. The van der Waals surface area contributed by atoms with Crippen molar-refractivity contribution >= 4 is 34.8 Å². The largest absolute Gasteiger partial charge is 0.338 e. The molecule has 0 spiro atoms. The van der Waals surface area contributed by atoms with Crippen molar-refractivity contribution < 1.29 is 14.0 Å². The minimum atomic E-state index is -0.599. The first-order valence-electron chi connectivity index (χ1n) is 12.7. The summed E-state index contributed by atoms with van der Waals surface area (Å²) in [5.74, 6) is -0.818. The summed E-state index contributed by atoms with van der Waals surface area (Å²) in [4.78, 5) is 36.6. The number of amides is 2. The molecule has 6 nitrogen and oxygen atoms in total. The molecule has 1 atom stereocenters. The highest BCUT2D eigenvalue weighted by atomic mass is 35.5. The van der Waals surface area contributed by atoms with Gasteiger partial charge < -0.3 is 9.80 Å². The maximum atomic E-state index is 14.2. The zero-order valence-corrected chi connectivity index (χ0v) is 22.3. The predicted molar refractivity (Wildman–Crippen MR) is 144 cm³/mol. The predicted octanol–water partition coefficient (Wildman–Crippen LogP) is 5.47. The zero-order valence-electron chi connectivity index (χ0n) is 20.8. The number of piperidine rings is 1. The van der Waals surface area contributed by atoms with Crippen LogP contribution >= 0.6 is 22.9 Å². The molecule has 0 aliphatic carbocycles. The Kier molecular flexibility index (Phi) is 7.88. The summed E-state index contributed by atoms with van der Waals surface area (Å²) in [6.45, 7) is 6.24. The monoisotopic (exact) mass is 540 g/mol. The first kappa shape index (κ1) is 25.8. The van der Waals surface area contributed by atoms with Gasteiger partial charge in [0.25, 0.3) is 11.8 Å². The Morgan fingerprint density at radius 3 is 2.30 bits per heavy atom. The lowest BCUT2D eigenvalue weighted by Crippen LogP contribution is -2.49. The summed E-state index contributed by atoms with van der Waals surface area (Å²) in [5.41, 5.74) is 1.72. The fourth-order valence-electron chi connectivity index (χ4n) is 5.18. The molecule has 1 aromatic heterocycles. The summed E-state index contributed by atoms with van der Waals surface area (Å²) in [7, 11) is 0. The Bertz CT molecular complexity index is 1230. The number of thiazole rings is 1. The fourth-order valence-corrected chi connectivity index (χ4v) is 6.39. The Morgan fingerprint density at radius 1 is 0.946 bits per heavy atom. The van der Waals surface area contributed by atoms with Crippen molar-refractivity contribution in [2.24, 2.45) is 0 Å². The van der Waals surface area contributed by atoms with Gasteiger partial charge in [0, 0.05) is 56.6 Å². The van der Waals surface area contributed by atoms with Crippen LogP contribution in [0.25, 0.3) is 0 Å². The molecule has 0 N–H and O–H groups in total. The SMILES string of the molecule is CC(c1ccccc1)N1CCN(C(=O)c2csc(C3CCN(C(=O)c4c(F)cccc4Cl)CC3)n2)CC1. The summed E-state index contributed by atoms with van der Waals surface area (Å²) in [6.07, 6.45) is 1.43. The molecule has 5 rings (SSSR count). The molecule has 2 fully saturated rings. The van der Waals surface area contributed by atoms with Gasteiger partial charge in [0.1, 0.15) is 11.5 Å². The smallest absolute Gasteiger partial charge is 0.273 e. The molecule has 3 heterocycles. The maximum absolute atomic E-state index is 14.2. The second kappa shape index (κ2) is 11.3. The maximum Gasteiger partial charge on any atom is 0.273 e. The van der Waals surface area contributed by atoms with Crippen LogP contribution in [0.3, 0.4) is 0 Å². The molecule has 2 aromatic carbocycles. The third-order valence-corrected chi connectivity index (χ3v) is 8.80. The molecule has 3 aromatic rings. The van der Waals surface area contributed by atoms with Crippen LogP contribution in [0.2, 0.25) is 5.02 Å². The number of carbonyl (C=O) groups excluding carboxylic acids is 2. The number of rotatable bonds is 5. The van der Waals surface area contributed by atoms with Crippen molar-refractivity contribution in [2.75, 3.05) is 39.3 Å². The number of benzene rings is 2. The Hall–Kier alpha value is -2.81. The lowest BCUT2D eigenvalue weighted by molar-refractivity contribution is 0.0577. The number of likely N-dealkylation sites (tertiary alicyclic amines) is 1. The molecule has 2 saturated heterocycles. The fraction of sp³-hybridized carbons (Fsp3) is 0.393. The lowest BCUT2D eigenvalue weighted by atomic mass is 9.97. The van der Waals surface area contributed by atoms with Gasteiger partial charge in [0.05, 0.1) is 15.6 Å². The van der Waals surface area contributed by atoms with Crippen molar-refractivity contribution in [3.63, 3.8) is 0 Å². The Labute approximate surface area is 225 Å². The topological polar surface area (TPSA) is 56.8 Å². The van der Waals surface area contributed by atoms with Crippen LogP contribution in [-0.2, 0) is 0 Å². The minimum absolute atomic E-state index is 0.0173. The first-order valence-corrected chi connectivity index (χ1v) is 13.9. The molecule has 2 amide bonds. The third-order valence-electron chi connectivity index (χ3n) is 7.48. The average Bonchev–Trinajstić information content (AvgIpc) is 3.43. The van der Waals surface area contributed by atoms with E-state index in [1.54, 1.807) is 4.90 Å². The highest BCUT2D eigenvalue weighted by Crippen LogP contribution is 2.32. The zero-order chi connectivity index (χ0) is 25.9. The van der Waals surface area contributed by atoms with Crippen LogP contribution in [0.5, 0.6) is 0 Å². The van der Waals surface area contributed by atoms with Gasteiger partial charge in [0.2, 0.25) is 0 Å². The Balaban J connectivity index is 1.15. The summed E-state index contributed by atoms with van der Waals surface area (Å²) >= 11 is 7.59. The number of carbonyl (C=O) groups is 2. The number of halogens is 2. The summed E-state index contributed by atoms with van der Waals surface area (Å²) in [5, 5.41) is 2.91. The second-order valence-corrected chi connectivity index (χ2v) is 10.9. The van der Waals surface area contributed by atoms with Crippen LogP contribution in [0.4, 0.5) is 4.39 Å². The van der Waals surface area contributed by atoms with Crippen molar-refractivity contribution in [3.05, 3.63) is 86.6 Å². The molecule has 0 bridgehead atoms. The van der Waals surface area contributed by atoms with Crippen LogP contribution < -0.4 is 0 Å². The van der Waals surface area contributed by atoms with Gasteiger partial charge in [-0.1, -0.05) is 48.0 Å². The normalized spacial score (nSPS) is 18.1. The number of hydrogen-bond acceptors (Lipinski definition) is 5. The van der Waals surface area contributed by atoms with E-state index in [9.17, 15) is 14.0 Å². The van der Waals surface area contributed by atoms with Gasteiger partial charge in [-0.05, 0) is 37.5 Å². The highest BCUT2D eigenvalue weighted by molar-refractivity contribution is 7.09. The first-order chi connectivity index (χ1) is 17.9. The minimum Gasteiger partial charge on any atom is -0.338 e. The van der Waals surface area contributed by atoms with E-state index < -0.39 is 5.82 Å². The van der Waals surface area contributed by atoms with Gasteiger partial charge in [-0.25, -0.2) is 9.37 Å². The van der Waals surface area contributed by atoms with E-state index in [1.807, 2.05) is 16.3 Å². The van der Waals surface area contributed by atoms with E-state index in [1.165, 1.54) is 35.1 Å². The van der Waals surface area contributed by atoms with E-state index in [0.717, 1.165) is 30.9 Å². The van der Waals surface area contributed by atoms with Crippen LogP contribution in [-0.4, -0.2) is 70.8 Å². The molecular weight excluding hydrogens is 511 g/mol. The van der Waals surface area contributed by atoms with Crippen molar-refractivity contribution in [1.29, 1.82) is 0 Å². The molecule has 1 unspecified atom stereocenters. The highest BCUT2D eigenvalue weighted by Gasteiger charge is 2.30. The van der Waals surface area contributed by atoms with Crippen molar-refractivity contribution in [1.82, 2.24) is 19.7 Å². The van der Waals surface area contributed by atoms with E-state index in [-0.39, 0.29) is 28.3 Å². The molecular formula is C28H30ClFN4O2S. The van der Waals surface area contributed by atoms with Gasteiger partial charge in [-0.15, -0.1) is 11.3 Å². The van der Waals surface area contributed by atoms with E-state index in [0.29, 0.717) is 37.9 Å². The van der Waals surface area contributed by atoms with Crippen molar-refractivity contribution in [3.8, 4) is 0 Å². The molecule has 2 aliphatic heterocycles. The van der Waals surface area contributed by atoms with Gasteiger partial charge in [-0.3, -0.25) is 14.5 Å². The molecule has 9 heteroatoms. The Morgan fingerprint density at radius 2 is 1.62 bits per heavy atom. The average molecular weight is 541 g/mol.